The Hall–Kier alpha value is -1.82. The maximum atomic E-state index is 11.6. The first-order valence-electron chi connectivity index (χ1n) is 4.70. The van der Waals surface area contributed by atoms with Gasteiger partial charge < -0.3 is 10.5 Å². The monoisotopic (exact) mass is 255 g/mol. The van der Waals surface area contributed by atoms with E-state index in [9.17, 15) is 13.2 Å². The summed E-state index contributed by atoms with van der Waals surface area (Å²) in [6, 6.07) is 4.56. The molecular weight excluding hydrogens is 242 g/mol. The van der Waals surface area contributed by atoms with Crippen LogP contribution in [0.5, 0.6) is 5.75 Å². The average molecular weight is 255 g/mol. The third-order valence-electron chi connectivity index (χ3n) is 2.05. The van der Waals surface area contributed by atoms with Gasteiger partial charge >= 0.3 is 0 Å². The Kier molecular flexibility index (Phi) is 3.90. The van der Waals surface area contributed by atoms with Crippen LogP contribution in [0.15, 0.2) is 29.2 Å². The molecule has 0 saturated heterocycles. The van der Waals surface area contributed by atoms with Crippen molar-refractivity contribution in [2.24, 2.45) is 5.73 Å². The quantitative estimate of drug-likeness (QED) is 0.798. The second-order valence-corrected chi connectivity index (χ2v) is 5.40. The van der Waals surface area contributed by atoms with Gasteiger partial charge in [-0.3, -0.25) is 4.79 Å². The number of sulfone groups is 1. The summed E-state index contributed by atoms with van der Waals surface area (Å²) >= 11 is 0. The van der Waals surface area contributed by atoms with Gasteiger partial charge in [0.15, 0.2) is 9.84 Å². The van der Waals surface area contributed by atoms with Crippen molar-refractivity contribution >= 4 is 21.8 Å². The molecule has 0 bridgehead atoms. The lowest BCUT2D eigenvalue weighted by Crippen LogP contribution is -2.06. The standard InChI is InChI=1S/C11H13NO4S/c1-16-9-5-3-8(4-6-11(12)13)10(7-9)17(2,14)15/h3-7H,1-2H3,(H2,12,13)/b6-4-. The Balaban J connectivity index is 3.35. The van der Waals surface area contributed by atoms with Crippen molar-refractivity contribution in [3.8, 4) is 5.75 Å². The summed E-state index contributed by atoms with van der Waals surface area (Å²) in [5, 5.41) is 0. The van der Waals surface area contributed by atoms with Gasteiger partial charge in [-0.1, -0.05) is 0 Å². The number of carbonyl (C=O) groups excluding carboxylic acids is 1. The second-order valence-electron chi connectivity index (χ2n) is 3.41. The van der Waals surface area contributed by atoms with E-state index in [2.05, 4.69) is 0 Å². The van der Waals surface area contributed by atoms with Crippen molar-refractivity contribution in [2.45, 2.75) is 4.90 Å². The lowest BCUT2D eigenvalue weighted by molar-refractivity contribution is -0.113. The van der Waals surface area contributed by atoms with Gasteiger partial charge in [0.1, 0.15) is 5.75 Å². The number of primary amides is 1. The van der Waals surface area contributed by atoms with Crippen LogP contribution in [0.2, 0.25) is 0 Å². The summed E-state index contributed by atoms with van der Waals surface area (Å²) in [5.74, 6) is -0.207. The van der Waals surface area contributed by atoms with E-state index in [1.807, 2.05) is 0 Å². The van der Waals surface area contributed by atoms with Gasteiger partial charge in [-0.05, 0) is 29.8 Å². The minimum Gasteiger partial charge on any atom is -0.497 e. The molecule has 1 rings (SSSR count). The second kappa shape index (κ2) is 5.01. The topological polar surface area (TPSA) is 86.5 Å². The minimum atomic E-state index is -3.40. The van der Waals surface area contributed by atoms with E-state index in [1.54, 1.807) is 12.1 Å². The van der Waals surface area contributed by atoms with Crippen LogP contribution in [0.1, 0.15) is 5.56 Å². The van der Waals surface area contributed by atoms with E-state index in [0.717, 1.165) is 12.3 Å². The lowest BCUT2D eigenvalue weighted by Gasteiger charge is -2.06. The van der Waals surface area contributed by atoms with Crippen molar-refractivity contribution in [3.63, 3.8) is 0 Å². The predicted molar refractivity (Wildman–Crippen MR) is 64.3 cm³/mol. The van der Waals surface area contributed by atoms with Gasteiger partial charge in [0.2, 0.25) is 5.91 Å². The SMILES string of the molecule is COc1ccc(/C=C\C(N)=O)c(S(C)(=O)=O)c1. The fourth-order valence-electron chi connectivity index (χ4n) is 1.27. The zero-order valence-corrected chi connectivity index (χ0v) is 10.3. The molecule has 0 aliphatic carbocycles. The highest BCUT2D eigenvalue weighted by Crippen LogP contribution is 2.23. The van der Waals surface area contributed by atoms with Crippen molar-refractivity contribution in [2.75, 3.05) is 13.4 Å². The van der Waals surface area contributed by atoms with Crippen molar-refractivity contribution in [1.82, 2.24) is 0 Å². The van der Waals surface area contributed by atoms with Gasteiger partial charge in [-0.25, -0.2) is 8.42 Å². The van der Waals surface area contributed by atoms with Gasteiger partial charge in [0.25, 0.3) is 0 Å². The summed E-state index contributed by atoms with van der Waals surface area (Å²) in [6.07, 6.45) is 3.55. The number of carbonyl (C=O) groups is 1. The smallest absolute Gasteiger partial charge is 0.241 e. The Morgan fingerprint density at radius 1 is 1.41 bits per heavy atom. The van der Waals surface area contributed by atoms with Crippen molar-refractivity contribution in [1.29, 1.82) is 0 Å². The Labute approximate surface area is 99.8 Å². The first kappa shape index (κ1) is 13.2. The third kappa shape index (κ3) is 3.60. The molecule has 1 aromatic rings. The van der Waals surface area contributed by atoms with E-state index in [1.165, 1.54) is 19.3 Å². The Morgan fingerprint density at radius 3 is 2.53 bits per heavy atom. The maximum Gasteiger partial charge on any atom is 0.241 e. The molecule has 0 fully saturated rings. The fourth-order valence-corrected chi connectivity index (χ4v) is 2.17. The largest absolute Gasteiger partial charge is 0.497 e. The third-order valence-corrected chi connectivity index (χ3v) is 3.20. The Morgan fingerprint density at radius 2 is 2.06 bits per heavy atom. The van der Waals surface area contributed by atoms with Crippen LogP contribution >= 0.6 is 0 Å². The molecule has 1 amide bonds. The van der Waals surface area contributed by atoms with E-state index < -0.39 is 15.7 Å². The van der Waals surface area contributed by atoms with Gasteiger partial charge in [0.05, 0.1) is 12.0 Å². The molecule has 0 unspecified atom stereocenters. The molecule has 0 radical (unpaired) electrons. The first-order chi connectivity index (χ1) is 7.84. The molecule has 0 aliphatic rings. The van der Waals surface area contributed by atoms with E-state index in [-0.39, 0.29) is 4.90 Å². The number of ether oxygens (including phenoxy) is 1. The zero-order chi connectivity index (χ0) is 13.1. The van der Waals surface area contributed by atoms with E-state index >= 15 is 0 Å². The number of methoxy groups -OCH3 is 1. The van der Waals surface area contributed by atoms with Crippen LogP contribution in [0, 0.1) is 0 Å². The molecule has 2 N–H and O–H groups in total. The molecule has 0 saturated carbocycles. The number of hydrogen-bond acceptors (Lipinski definition) is 4. The van der Waals surface area contributed by atoms with Crippen LogP contribution < -0.4 is 10.5 Å². The molecule has 6 heteroatoms. The van der Waals surface area contributed by atoms with Crippen LogP contribution in [0.3, 0.4) is 0 Å². The molecule has 5 nitrogen and oxygen atoms in total. The van der Waals surface area contributed by atoms with Gasteiger partial charge in [0, 0.05) is 12.3 Å². The van der Waals surface area contributed by atoms with E-state index in [4.69, 9.17) is 10.5 Å². The van der Waals surface area contributed by atoms with Crippen LogP contribution in [-0.4, -0.2) is 27.7 Å². The lowest BCUT2D eigenvalue weighted by atomic mass is 10.2. The number of nitrogens with two attached hydrogens (primary N) is 1. The summed E-state index contributed by atoms with van der Waals surface area (Å²) < 4.78 is 28.1. The molecule has 0 aromatic heterocycles. The molecule has 0 spiro atoms. The fraction of sp³-hybridized carbons (Fsp3) is 0.182. The predicted octanol–water partition coefficient (Wildman–Crippen LogP) is 0.597. The van der Waals surface area contributed by atoms with Gasteiger partial charge in [-0.15, -0.1) is 0 Å². The Bertz CT molecular complexity index is 561. The van der Waals surface area contributed by atoms with Crippen LogP contribution in [-0.2, 0) is 14.6 Å². The molecule has 0 aliphatic heterocycles. The zero-order valence-electron chi connectivity index (χ0n) is 9.51. The van der Waals surface area contributed by atoms with E-state index in [0.29, 0.717) is 11.3 Å². The first-order valence-corrected chi connectivity index (χ1v) is 6.59. The van der Waals surface area contributed by atoms with Crippen LogP contribution in [0.25, 0.3) is 6.08 Å². The number of hydrogen-bond donors (Lipinski definition) is 1. The highest BCUT2D eigenvalue weighted by atomic mass is 32.2. The summed E-state index contributed by atoms with van der Waals surface area (Å²) in [6.45, 7) is 0. The number of benzene rings is 1. The number of rotatable bonds is 4. The highest BCUT2D eigenvalue weighted by Gasteiger charge is 2.12. The molecular formula is C11H13NO4S. The average Bonchev–Trinajstić information content (AvgIpc) is 2.24. The maximum absolute atomic E-state index is 11.6. The summed E-state index contributed by atoms with van der Waals surface area (Å²) in [5.41, 5.74) is 5.35. The van der Waals surface area contributed by atoms with Crippen LogP contribution in [0.4, 0.5) is 0 Å². The number of amides is 1. The molecule has 92 valence electrons. The molecule has 0 heterocycles. The molecule has 17 heavy (non-hydrogen) atoms. The molecule has 0 atom stereocenters. The molecule has 1 aromatic carbocycles. The summed E-state index contributed by atoms with van der Waals surface area (Å²) in [4.78, 5) is 10.7. The van der Waals surface area contributed by atoms with Gasteiger partial charge in [-0.2, -0.15) is 0 Å². The normalized spacial score (nSPS) is 11.6. The van der Waals surface area contributed by atoms with Crippen molar-refractivity contribution < 1.29 is 17.9 Å². The van der Waals surface area contributed by atoms with Crippen molar-refractivity contribution in [3.05, 3.63) is 29.8 Å². The highest BCUT2D eigenvalue weighted by molar-refractivity contribution is 7.90. The minimum absolute atomic E-state index is 0.0920. The summed E-state index contributed by atoms with van der Waals surface area (Å²) in [7, 11) is -1.95.